The highest BCUT2D eigenvalue weighted by Crippen LogP contribution is 2.29. The minimum absolute atomic E-state index is 0.0265. The van der Waals surface area contributed by atoms with E-state index < -0.39 is 17.6 Å². The number of carbonyl (C=O) groups is 2. The van der Waals surface area contributed by atoms with E-state index in [0.717, 1.165) is 17.1 Å². The van der Waals surface area contributed by atoms with Crippen LogP contribution in [0.15, 0.2) is 52.5 Å². The summed E-state index contributed by atoms with van der Waals surface area (Å²) in [5.74, 6) is -0.249. The van der Waals surface area contributed by atoms with E-state index in [1.54, 1.807) is 22.4 Å². The van der Waals surface area contributed by atoms with Crippen molar-refractivity contribution < 1.29 is 27.2 Å². The number of amides is 2. The van der Waals surface area contributed by atoms with Gasteiger partial charge in [0.2, 0.25) is 0 Å². The zero-order chi connectivity index (χ0) is 23.4. The van der Waals surface area contributed by atoms with Crippen molar-refractivity contribution in [2.45, 2.75) is 19.3 Å². The van der Waals surface area contributed by atoms with E-state index in [2.05, 4.69) is 15.2 Å². The molecule has 1 saturated heterocycles. The molecule has 1 aliphatic heterocycles. The smallest absolute Gasteiger partial charge is 0.416 e. The monoisotopic (exact) mass is 478 g/mol. The third kappa shape index (κ3) is 5.79. The molecule has 4 rings (SSSR count). The van der Waals surface area contributed by atoms with Crippen LogP contribution in [0.25, 0.3) is 0 Å². The van der Waals surface area contributed by atoms with Crippen LogP contribution in [-0.4, -0.2) is 52.8 Å². The normalized spacial score (nSPS) is 14.9. The summed E-state index contributed by atoms with van der Waals surface area (Å²) in [5, 5.41) is 5.00. The molecule has 0 spiro atoms. The van der Waals surface area contributed by atoms with Gasteiger partial charge < -0.3 is 14.6 Å². The van der Waals surface area contributed by atoms with Crippen LogP contribution in [0.3, 0.4) is 0 Å². The van der Waals surface area contributed by atoms with Crippen molar-refractivity contribution in [3.63, 3.8) is 0 Å². The number of hydrogen-bond acceptors (Lipinski definition) is 6. The average Bonchev–Trinajstić information content (AvgIpc) is 3.50. The predicted molar refractivity (Wildman–Crippen MR) is 115 cm³/mol. The Morgan fingerprint density at radius 2 is 1.91 bits per heavy atom. The van der Waals surface area contributed by atoms with Crippen molar-refractivity contribution in [2.24, 2.45) is 0 Å². The second-order valence-electron chi connectivity index (χ2n) is 7.55. The highest BCUT2D eigenvalue weighted by molar-refractivity contribution is 7.09. The fraction of sp³-hybridized carbons (Fsp3) is 0.318. The van der Waals surface area contributed by atoms with Gasteiger partial charge in [0, 0.05) is 38.1 Å². The molecule has 0 saturated carbocycles. The molecule has 0 atom stereocenters. The molecule has 3 aromatic rings. The molecular formula is C22H21F3N4O3S. The molecule has 33 heavy (non-hydrogen) atoms. The van der Waals surface area contributed by atoms with E-state index >= 15 is 0 Å². The van der Waals surface area contributed by atoms with Crippen molar-refractivity contribution in [3.8, 4) is 0 Å². The molecule has 2 amide bonds. The summed E-state index contributed by atoms with van der Waals surface area (Å²) in [6.07, 6.45) is -2.96. The largest absolute Gasteiger partial charge is 0.459 e. The van der Waals surface area contributed by atoms with Crippen molar-refractivity contribution in [1.82, 2.24) is 20.1 Å². The number of nitrogens with zero attached hydrogens (tertiary/aromatic N) is 3. The first kappa shape index (κ1) is 23.0. The number of nitrogens with one attached hydrogen (secondary N) is 1. The van der Waals surface area contributed by atoms with Gasteiger partial charge >= 0.3 is 6.18 Å². The van der Waals surface area contributed by atoms with Gasteiger partial charge in [0.05, 0.1) is 18.4 Å². The molecule has 0 unspecified atom stereocenters. The Morgan fingerprint density at radius 3 is 2.61 bits per heavy atom. The molecule has 0 bridgehead atoms. The molecule has 0 radical (unpaired) electrons. The second-order valence-corrected chi connectivity index (χ2v) is 8.50. The Hall–Kier alpha value is -3.18. The summed E-state index contributed by atoms with van der Waals surface area (Å²) < 4.78 is 43.6. The number of furan rings is 1. The van der Waals surface area contributed by atoms with E-state index in [4.69, 9.17) is 4.42 Å². The Morgan fingerprint density at radius 1 is 1.12 bits per heavy atom. The fourth-order valence-corrected chi connectivity index (χ4v) is 4.29. The Bertz CT molecular complexity index is 1110. The van der Waals surface area contributed by atoms with E-state index in [0.29, 0.717) is 44.0 Å². The second kappa shape index (κ2) is 9.75. The fourth-order valence-electron chi connectivity index (χ4n) is 3.47. The van der Waals surface area contributed by atoms with Crippen LogP contribution < -0.4 is 5.32 Å². The number of halogens is 3. The summed E-state index contributed by atoms with van der Waals surface area (Å²) in [4.78, 5) is 33.0. The van der Waals surface area contributed by atoms with Gasteiger partial charge in [0.1, 0.15) is 10.7 Å². The minimum Gasteiger partial charge on any atom is -0.459 e. The summed E-state index contributed by atoms with van der Waals surface area (Å²) >= 11 is 1.35. The molecule has 0 aliphatic carbocycles. The SMILES string of the molecule is O=C(NCc1cccc(C(F)(F)F)c1)c1csc(CN2CCN(C(=O)c3ccco3)CC2)n1. The third-order valence-corrected chi connectivity index (χ3v) is 6.08. The lowest BCUT2D eigenvalue weighted by Gasteiger charge is -2.33. The van der Waals surface area contributed by atoms with Gasteiger partial charge in [-0.05, 0) is 29.8 Å². The van der Waals surface area contributed by atoms with Crippen LogP contribution in [0, 0.1) is 0 Å². The molecule has 1 aromatic carbocycles. The molecular weight excluding hydrogens is 457 g/mol. The first-order valence-electron chi connectivity index (χ1n) is 10.2. The maximum atomic E-state index is 12.8. The van der Waals surface area contributed by atoms with E-state index in [-0.39, 0.29) is 18.1 Å². The zero-order valence-corrected chi connectivity index (χ0v) is 18.3. The molecule has 3 heterocycles. The highest BCUT2D eigenvalue weighted by atomic mass is 32.1. The number of aromatic nitrogens is 1. The number of benzene rings is 1. The lowest BCUT2D eigenvalue weighted by Crippen LogP contribution is -2.48. The van der Waals surface area contributed by atoms with Crippen molar-refractivity contribution in [2.75, 3.05) is 26.2 Å². The number of piperazine rings is 1. The average molecular weight is 478 g/mol. The van der Waals surface area contributed by atoms with Crippen LogP contribution in [0.4, 0.5) is 13.2 Å². The molecule has 174 valence electrons. The molecule has 1 fully saturated rings. The van der Waals surface area contributed by atoms with Gasteiger partial charge in [-0.25, -0.2) is 4.98 Å². The van der Waals surface area contributed by atoms with Gasteiger partial charge in [0.25, 0.3) is 11.8 Å². The number of thiazole rings is 1. The number of alkyl halides is 3. The Kier molecular flexibility index (Phi) is 6.80. The van der Waals surface area contributed by atoms with E-state index in [1.807, 2.05) is 0 Å². The van der Waals surface area contributed by atoms with Crippen LogP contribution in [0.1, 0.15) is 37.2 Å². The third-order valence-electron chi connectivity index (χ3n) is 5.24. The highest BCUT2D eigenvalue weighted by Gasteiger charge is 2.30. The minimum atomic E-state index is -4.43. The van der Waals surface area contributed by atoms with Crippen molar-refractivity contribution in [3.05, 3.63) is 75.6 Å². The van der Waals surface area contributed by atoms with Gasteiger partial charge in [0.15, 0.2) is 5.76 Å². The van der Waals surface area contributed by atoms with Gasteiger partial charge in [-0.3, -0.25) is 14.5 Å². The maximum Gasteiger partial charge on any atom is 0.416 e. The number of carbonyl (C=O) groups excluding carboxylic acids is 2. The van der Waals surface area contributed by atoms with Gasteiger partial charge in [-0.1, -0.05) is 12.1 Å². The lowest BCUT2D eigenvalue weighted by atomic mass is 10.1. The topological polar surface area (TPSA) is 78.7 Å². The quantitative estimate of drug-likeness (QED) is 0.585. The standard InChI is InChI=1S/C22H21F3N4O3S/c23-22(24,25)16-4-1-3-15(11-16)12-26-20(30)17-14-33-19(27-17)13-28-6-8-29(9-7-28)21(31)18-5-2-10-32-18/h1-5,10-11,14H,6-9,12-13H2,(H,26,30). The number of rotatable bonds is 6. The predicted octanol–water partition coefficient (Wildman–Crippen LogP) is 3.64. The molecule has 1 aliphatic rings. The summed E-state index contributed by atoms with van der Waals surface area (Å²) in [6, 6.07) is 8.17. The van der Waals surface area contributed by atoms with E-state index in [1.165, 1.54) is 29.7 Å². The van der Waals surface area contributed by atoms with Crippen molar-refractivity contribution >= 4 is 23.2 Å². The van der Waals surface area contributed by atoms with Crippen LogP contribution in [-0.2, 0) is 19.3 Å². The maximum absolute atomic E-state index is 12.8. The Labute approximate surface area is 191 Å². The molecule has 11 heteroatoms. The summed E-state index contributed by atoms with van der Waals surface area (Å²) in [5.41, 5.74) is -0.166. The van der Waals surface area contributed by atoms with Crippen LogP contribution >= 0.6 is 11.3 Å². The lowest BCUT2D eigenvalue weighted by molar-refractivity contribution is -0.137. The first-order valence-corrected chi connectivity index (χ1v) is 11.1. The molecule has 1 N–H and O–H groups in total. The van der Waals surface area contributed by atoms with E-state index in [9.17, 15) is 22.8 Å². The summed E-state index contributed by atoms with van der Waals surface area (Å²) in [7, 11) is 0. The van der Waals surface area contributed by atoms with Gasteiger partial charge in [-0.15, -0.1) is 11.3 Å². The van der Waals surface area contributed by atoms with Crippen LogP contribution in [0.5, 0.6) is 0 Å². The zero-order valence-electron chi connectivity index (χ0n) is 17.5. The molecule has 7 nitrogen and oxygen atoms in total. The summed E-state index contributed by atoms with van der Waals surface area (Å²) in [6.45, 7) is 2.99. The Balaban J connectivity index is 1.26. The van der Waals surface area contributed by atoms with Gasteiger partial charge in [-0.2, -0.15) is 13.2 Å². The number of hydrogen-bond donors (Lipinski definition) is 1. The first-order chi connectivity index (χ1) is 15.8. The molecule has 2 aromatic heterocycles. The van der Waals surface area contributed by atoms with Crippen LogP contribution in [0.2, 0.25) is 0 Å². The van der Waals surface area contributed by atoms with Crippen molar-refractivity contribution in [1.29, 1.82) is 0 Å².